The number of rotatable bonds is 13. The van der Waals surface area contributed by atoms with Gasteiger partial charge < -0.3 is 19.7 Å². The molecular formula is C44H54F3N9O5S. The molecule has 62 heavy (non-hydrogen) atoms. The van der Waals surface area contributed by atoms with Crippen molar-refractivity contribution >= 4 is 63.6 Å². The molecule has 0 radical (unpaired) electrons. The predicted octanol–water partition coefficient (Wildman–Crippen LogP) is 6.37. The van der Waals surface area contributed by atoms with Crippen LogP contribution in [0.4, 0.5) is 24.5 Å². The molecule has 3 aromatic rings. The van der Waals surface area contributed by atoms with Crippen LogP contribution in [0.3, 0.4) is 0 Å². The van der Waals surface area contributed by atoms with Gasteiger partial charge in [0.2, 0.25) is 11.8 Å². The number of thiocarbonyl (C=S) groups is 1. The van der Waals surface area contributed by atoms with Crippen LogP contribution in [0.15, 0.2) is 30.5 Å². The molecule has 3 amide bonds. The van der Waals surface area contributed by atoms with Crippen LogP contribution in [-0.2, 0) is 37.1 Å². The lowest BCUT2D eigenvalue weighted by Gasteiger charge is -2.45. The third kappa shape index (κ3) is 8.80. The van der Waals surface area contributed by atoms with Crippen LogP contribution in [-0.4, -0.2) is 103 Å². The Morgan fingerprint density at radius 2 is 1.82 bits per heavy atom. The second kappa shape index (κ2) is 18.0. The lowest BCUT2D eigenvalue weighted by atomic mass is 9.82. The van der Waals surface area contributed by atoms with E-state index in [0.717, 1.165) is 91.4 Å². The van der Waals surface area contributed by atoms with Gasteiger partial charge in [0, 0.05) is 50.1 Å². The molecule has 2 N–H and O–H groups in total. The van der Waals surface area contributed by atoms with E-state index in [9.17, 15) is 37.6 Å². The zero-order chi connectivity index (χ0) is 44.7. The lowest BCUT2D eigenvalue weighted by molar-refractivity contribution is -0.138. The number of alkyl halides is 3. The third-order valence-corrected chi connectivity index (χ3v) is 13.7. The van der Waals surface area contributed by atoms with Crippen LogP contribution in [0.5, 0.6) is 0 Å². The molecular weight excluding hydrogens is 824 g/mol. The monoisotopic (exact) mass is 877 g/mol. The average molecular weight is 878 g/mol. The highest BCUT2D eigenvalue weighted by atomic mass is 32.1. The number of hydrogen-bond donors (Lipinski definition) is 2. The fraction of sp³-hybridized carbons (Fsp3) is 0.591. The number of amides is 3. The molecule has 3 saturated heterocycles. The number of piperidine rings is 2. The molecule has 4 fully saturated rings. The van der Waals surface area contributed by atoms with Crippen LogP contribution in [0.25, 0.3) is 10.9 Å². The maximum absolute atomic E-state index is 13.7. The van der Waals surface area contributed by atoms with Gasteiger partial charge in [0.1, 0.15) is 17.9 Å². The molecule has 1 saturated carbocycles. The Kier molecular flexibility index (Phi) is 13.1. The first-order valence-electron chi connectivity index (χ1n) is 21.5. The molecule has 2 unspecified atom stereocenters. The number of nitriles is 1. The summed E-state index contributed by atoms with van der Waals surface area (Å²) < 4.78 is 49.4. The minimum atomic E-state index is -4.82. The smallest absolute Gasteiger partial charge is 0.381 e. The standard InChI is InChI=1S/C44H54F3N9O5S/c1-25-18-31(19-26(2)54(25)30(24-57)23-49-35-10-6-9-32-38(52-53(5)39(32)35)33-15-16-37(58)51-40(33)59)61-17-7-8-27-11-13-28(14-12-27)56-42(62)55(41(60)43(56,3)4)29-20-34(44(45,46)47)36(21-48)50-22-29/h6,9-10,20,22,24-28,30-31,33,49H,7-8,11-19,23H2,1-5H3,(H,51,58,59)/t25-,26+,27-,28-,30?,31+,33?. The van der Waals surface area contributed by atoms with Crippen molar-refractivity contribution < 1.29 is 37.1 Å². The summed E-state index contributed by atoms with van der Waals surface area (Å²) in [6, 6.07) is 7.80. The molecule has 4 aliphatic rings. The van der Waals surface area contributed by atoms with Gasteiger partial charge in [-0.1, -0.05) is 12.1 Å². The molecule has 2 aromatic heterocycles. The van der Waals surface area contributed by atoms with E-state index in [-0.39, 0.29) is 59.3 Å². The number of likely N-dealkylation sites (tertiary alicyclic amines) is 1. The number of nitrogens with zero attached hydrogens (tertiary/aromatic N) is 7. The highest BCUT2D eigenvalue weighted by molar-refractivity contribution is 7.80. The molecule has 7 rings (SSSR count). The second-order valence-corrected chi connectivity index (χ2v) is 18.1. The summed E-state index contributed by atoms with van der Waals surface area (Å²) in [4.78, 5) is 59.6. The van der Waals surface area contributed by atoms with Crippen LogP contribution in [0.2, 0.25) is 0 Å². The third-order valence-electron chi connectivity index (χ3n) is 13.3. The van der Waals surface area contributed by atoms with E-state index in [1.165, 1.54) is 6.07 Å². The Morgan fingerprint density at radius 3 is 2.47 bits per heavy atom. The fourth-order valence-electron chi connectivity index (χ4n) is 10.3. The topological polar surface area (TPSA) is 166 Å². The van der Waals surface area contributed by atoms with Crippen molar-refractivity contribution in [1.82, 2.24) is 29.9 Å². The van der Waals surface area contributed by atoms with Crippen LogP contribution in [0.1, 0.15) is 115 Å². The van der Waals surface area contributed by atoms with Gasteiger partial charge in [-0.2, -0.15) is 23.5 Å². The molecule has 14 nitrogen and oxygen atoms in total. The van der Waals surface area contributed by atoms with Crippen molar-refractivity contribution in [2.45, 2.75) is 140 Å². The van der Waals surface area contributed by atoms with E-state index in [0.29, 0.717) is 31.2 Å². The summed E-state index contributed by atoms with van der Waals surface area (Å²) in [6.07, 6.45) is 4.92. The molecule has 1 aliphatic carbocycles. The Hall–Kier alpha value is -4.99. The zero-order valence-corrected chi connectivity index (χ0v) is 36.5. The number of anilines is 2. The van der Waals surface area contributed by atoms with Gasteiger partial charge in [-0.05, 0) is 116 Å². The first kappa shape index (κ1) is 45.0. The number of aromatic nitrogens is 3. The van der Waals surface area contributed by atoms with Crippen molar-refractivity contribution in [3.63, 3.8) is 0 Å². The lowest BCUT2D eigenvalue weighted by Crippen LogP contribution is -2.56. The normalized spacial score (nSPS) is 26.4. The number of imide groups is 1. The Balaban J connectivity index is 0.874. The number of nitrogens with one attached hydrogen (secondary N) is 2. The number of carbonyl (C=O) groups excluding carboxylic acids is 4. The summed E-state index contributed by atoms with van der Waals surface area (Å²) in [6.45, 7) is 8.76. The SMILES string of the molecule is C[C@@H]1C[C@H](OCCC[C@H]2CC[C@H](N3C(=S)N(c4cnc(C#N)c(C(F)(F)F)c4)C(=O)C3(C)C)CC2)C[C@H](C)N1C(C=O)CNc1cccc2c(C3CCC(=O)NC3=O)nn(C)c12. The Morgan fingerprint density at radius 1 is 1.11 bits per heavy atom. The predicted molar refractivity (Wildman–Crippen MR) is 229 cm³/mol. The van der Waals surface area contributed by atoms with E-state index in [2.05, 4.69) is 39.5 Å². The number of carbonyl (C=O) groups is 4. The number of aldehydes is 1. The largest absolute Gasteiger partial charge is 0.419 e. The maximum atomic E-state index is 13.7. The first-order valence-corrected chi connectivity index (χ1v) is 21.9. The molecule has 0 spiro atoms. The summed E-state index contributed by atoms with van der Waals surface area (Å²) in [7, 11) is 1.83. The quantitative estimate of drug-likeness (QED) is 0.0846. The zero-order valence-electron chi connectivity index (χ0n) is 35.7. The van der Waals surface area contributed by atoms with E-state index in [4.69, 9.17) is 17.0 Å². The van der Waals surface area contributed by atoms with Gasteiger partial charge in [0.15, 0.2) is 10.8 Å². The highest BCUT2D eigenvalue weighted by Gasteiger charge is 2.53. The fourth-order valence-corrected chi connectivity index (χ4v) is 10.9. The van der Waals surface area contributed by atoms with Crippen molar-refractivity contribution in [2.75, 3.05) is 23.4 Å². The number of hydrogen-bond acceptors (Lipinski definition) is 11. The van der Waals surface area contributed by atoms with Gasteiger partial charge >= 0.3 is 6.18 Å². The average Bonchev–Trinajstić information content (AvgIpc) is 3.65. The maximum Gasteiger partial charge on any atom is 0.419 e. The van der Waals surface area contributed by atoms with Crippen LogP contribution in [0, 0.1) is 17.2 Å². The molecule has 3 aliphatic heterocycles. The van der Waals surface area contributed by atoms with E-state index < -0.39 is 34.8 Å². The van der Waals surface area contributed by atoms with Crippen molar-refractivity contribution in [3.8, 4) is 6.07 Å². The summed E-state index contributed by atoms with van der Waals surface area (Å²) in [5.41, 5.74) is -0.872. The minimum absolute atomic E-state index is 0.0485. The molecule has 0 bridgehead atoms. The first-order chi connectivity index (χ1) is 29.4. The molecule has 332 valence electrons. The minimum Gasteiger partial charge on any atom is -0.381 e. The summed E-state index contributed by atoms with van der Waals surface area (Å²) in [5, 5.41) is 20.8. The number of benzene rings is 1. The van der Waals surface area contributed by atoms with E-state index in [1.807, 2.05) is 30.1 Å². The van der Waals surface area contributed by atoms with Gasteiger partial charge in [-0.15, -0.1) is 0 Å². The Labute approximate surface area is 364 Å². The van der Waals surface area contributed by atoms with Crippen molar-refractivity contribution in [2.24, 2.45) is 13.0 Å². The second-order valence-electron chi connectivity index (χ2n) is 17.8. The molecule has 5 atom stereocenters. The van der Waals surface area contributed by atoms with Gasteiger partial charge in [0.05, 0.1) is 52.4 Å². The number of aryl methyl sites for hydroxylation is 1. The van der Waals surface area contributed by atoms with Crippen molar-refractivity contribution in [1.29, 1.82) is 5.26 Å². The summed E-state index contributed by atoms with van der Waals surface area (Å²) in [5.74, 6) is -1.08. The van der Waals surface area contributed by atoms with Gasteiger partial charge in [-0.3, -0.25) is 34.2 Å². The van der Waals surface area contributed by atoms with Gasteiger partial charge in [-0.25, -0.2) is 4.98 Å². The van der Waals surface area contributed by atoms with E-state index in [1.54, 1.807) is 18.5 Å². The molecule has 18 heteroatoms. The number of ether oxygens (including phenoxy) is 1. The van der Waals surface area contributed by atoms with Crippen LogP contribution < -0.4 is 15.5 Å². The number of fused-ring (bicyclic) bond motifs is 1. The number of para-hydroxylation sites is 1. The van der Waals surface area contributed by atoms with E-state index >= 15 is 0 Å². The Bertz CT molecular complexity index is 2260. The molecule has 1 aromatic carbocycles. The summed E-state index contributed by atoms with van der Waals surface area (Å²) >= 11 is 5.75. The van der Waals surface area contributed by atoms with Crippen molar-refractivity contribution in [3.05, 3.63) is 47.4 Å². The number of pyridine rings is 1. The highest BCUT2D eigenvalue weighted by Crippen LogP contribution is 2.42. The van der Waals surface area contributed by atoms with Crippen LogP contribution >= 0.6 is 12.2 Å². The molecule has 5 heterocycles. The van der Waals surface area contributed by atoms with Gasteiger partial charge in [0.25, 0.3) is 5.91 Å². The number of halogens is 3.